The number of carboxylic acid groups (broad SMARTS) is 1. The number of aromatic carboxylic acids is 1. The number of hydrogen-bond acceptors (Lipinski definition) is 3. The predicted octanol–water partition coefficient (Wildman–Crippen LogP) is 1.72. The Balaban J connectivity index is 1.53. The maximum Gasteiger partial charge on any atom is 0.352 e. The van der Waals surface area contributed by atoms with Gasteiger partial charge in [-0.15, -0.1) is 0 Å². The second-order valence-electron chi connectivity index (χ2n) is 5.45. The van der Waals surface area contributed by atoms with E-state index in [-0.39, 0.29) is 0 Å². The summed E-state index contributed by atoms with van der Waals surface area (Å²) in [5.41, 5.74) is 0.394. The molecule has 1 aliphatic heterocycles. The number of carbonyl (C=O) groups is 1. The summed E-state index contributed by atoms with van der Waals surface area (Å²) in [5.74, 6) is -0.846. The molecular weight excluding hydrogens is 268 g/mol. The SMILES string of the molecule is O=C(O)c1cccn1C1CCN(CCn2cccn2)CC1. The van der Waals surface area contributed by atoms with Crippen molar-refractivity contribution < 1.29 is 9.90 Å². The second kappa shape index (κ2) is 6.13. The Bertz CT molecular complexity index is 583. The third-order valence-corrected chi connectivity index (χ3v) is 4.15. The van der Waals surface area contributed by atoms with Crippen molar-refractivity contribution in [3.63, 3.8) is 0 Å². The third kappa shape index (κ3) is 3.16. The average Bonchev–Trinajstić information content (AvgIpc) is 3.17. The fourth-order valence-corrected chi connectivity index (χ4v) is 2.99. The second-order valence-corrected chi connectivity index (χ2v) is 5.45. The van der Waals surface area contributed by atoms with E-state index in [1.54, 1.807) is 12.3 Å². The van der Waals surface area contributed by atoms with Crippen LogP contribution in [0.3, 0.4) is 0 Å². The molecule has 2 aromatic rings. The van der Waals surface area contributed by atoms with E-state index in [0.29, 0.717) is 11.7 Å². The van der Waals surface area contributed by atoms with Crippen molar-refractivity contribution in [1.29, 1.82) is 0 Å². The monoisotopic (exact) mass is 288 g/mol. The van der Waals surface area contributed by atoms with E-state index in [1.165, 1.54) is 0 Å². The van der Waals surface area contributed by atoms with Crippen LogP contribution < -0.4 is 0 Å². The molecule has 1 N–H and O–H groups in total. The van der Waals surface area contributed by atoms with Crippen LogP contribution in [-0.4, -0.2) is 50.0 Å². The molecule has 6 heteroatoms. The molecule has 1 fully saturated rings. The summed E-state index contributed by atoms with van der Waals surface area (Å²) in [6.07, 6.45) is 7.65. The highest BCUT2D eigenvalue weighted by Gasteiger charge is 2.23. The van der Waals surface area contributed by atoms with E-state index >= 15 is 0 Å². The summed E-state index contributed by atoms with van der Waals surface area (Å²) in [6.45, 7) is 3.90. The van der Waals surface area contributed by atoms with Gasteiger partial charge in [0.1, 0.15) is 5.69 Å². The van der Waals surface area contributed by atoms with Crippen LogP contribution in [0.2, 0.25) is 0 Å². The van der Waals surface area contributed by atoms with Gasteiger partial charge >= 0.3 is 5.97 Å². The Hall–Kier alpha value is -2.08. The van der Waals surface area contributed by atoms with E-state index < -0.39 is 5.97 Å². The van der Waals surface area contributed by atoms with Gasteiger partial charge in [0.15, 0.2) is 0 Å². The molecule has 21 heavy (non-hydrogen) atoms. The van der Waals surface area contributed by atoms with Gasteiger partial charge in [-0.05, 0) is 31.0 Å². The molecule has 0 spiro atoms. The fourth-order valence-electron chi connectivity index (χ4n) is 2.99. The Labute approximate surface area is 123 Å². The standard InChI is InChI=1S/C15H20N4O2/c20-15(21)14-3-1-8-19(14)13-4-9-17(10-5-13)11-12-18-7-2-6-16-18/h1-3,6-8,13H,4-5,9-12H2,(H,20,21). The normalized spacial score (nSPS) is 17.1. The van der Waals surface area contributed by atoms with Crippen LogP contribution in [0.1, 0.15) is 29.4 Å². The van der Waals surface area contributed by atoms with Crippen molar-refractivity contribution in [3.05, 3.63) is 42.5 Å². The summed E-state index contributed by atoms with van der Waals surface area (Å²) in [4.78, 5) is 13.6. The quantitative estimate of drug-likeness (QED) is 0.910. The van der Waals surface area contributed by atoms with Gasteiger partial charge in [-0.25, -0.2) is 4.79 Å². The molecule has 112 valence electrons. The van der Waals surface area contributed by atoms with Crippen LogP contribution in [0, 0.1) is 0 Å². The molecule has 0 atom stereocenters. The lowest BCUT2D eigenvalue weighted by Crippen LogP contribution is -2.37. The Morgan fingerprint density at radius 1 is 1.24 bits per heavy atom. The molecule has 0 saturated carbocycles. The summed E-state index contributed by atoms with van der Waals surface area (Å²) in [7, 11) is 0. The minimum atomic E-state index is -0.846. The third-order valence-electron chi connectivity index (χ3n) is 4.15. The minimum absolute atomic E-state index is 0.298. The fraction of sp³-hybridized carbons (Fsp3) is 0.467. The first-order chi connectivity index (χ1) is 10.2. The van der Waals surface area contributed by atoms with Gasteiger partial charge in [0.25, 0.3) is 0 Å². The molecule has 2 aromatic heterocycles. The molecule has 0 aliphatic carbocycles. The van der Waals surface area contributed by atoms with Crippen LogP contribution in [0.5, 0.6) is 0 Å². The number of carboxylic acids is 1. The van der Waals surface area contributed by atoms with Crippen molar-refractivity contribution in [1.82, 2.24) is 19.2 Å². The van der Waals surface area contributed by atoms with Gasteiger partial charge in [-0.1, -0.05) is 0 Å². The molecule has 0 radical (unpaired) electrons. The number of likely N-dealkylation sites (tertiary alicyclic amines) is 1. The zero-order valence-corrected chi connectivity index (χ0v) is 11.9. The van der Waals surface area contributed by atoms with Crippen LogP contribution in [-0.2, 0) is 6.54 Å². The Morgan fingerprint density at radius 2 is 2.05 bits per heavy atom. The Morgan fingerprint density at radius 3 is 2.71 bits per heavy atom. The van der Waals surface area contributed by atoms with Gasteiger partial charge in [0.05, 0.1) is 6.54 Å². The van der Waals surface area contributed by atoms with E-state index in [0.717, 1.165) is 39.0 Å². The zero-order valence-electron chi connectivity index (χ0n) is 11.9. The van der Waals surface area contributed by atoms with Crippen molar-refractivity contribution in [2.75, 3.05) is 19.6 Å². The van der Waals surface area contributed by atoms with Crippen molar-refractivity contribution in [2.24, 2.45) is 0 Å². The van der Waals surface area contributed by atoms with Crippen LogP contribution >= 0.6 is 0 Å². The number of hydrogen-bond donors (Lipinski definition) is 1. The first-order valence-electron chi connectivity index (χ1n) is 7.34. The lowest BCUT2D eigenvalue weighted by atomic mass is 10.0. The van der Waals surface area contributed by atoms with Gasteiger partial charge in [0.2, 0.25) is 0 Å². The summed E-state index contributed by atoms with van der Waals surface area (Å²) < 4.78 is 3.85. The van der Waals surface area contributed by atoms with Gasteiger partial charge in [0, 0.05) is 44.3 Å². The Kier molecular flexibility index (Phi) is 4.06. The van der Waals surface area contributed by atoms with Gasteiger partial charge < -0.3 is 14.6 Å². The number of aromatic nitrogens is 3. The highest BCUT2D eigenvalue weighted by Crippen LogP contribution is 2.24. The lowest BCUT2D eigenvalue weighted by molar-refractivity contribution is 0.0678. The minimum Gasteiger partial charge on any atom is -0.477 e. The molecule has 0 amide bonds. The topological polar surface area (TPSA) is 63.3 Å². The molecule has 3 rings (SSSR count). The highest BCUT2D eigenvalue weighted by molar-refractivity contribution is 5.85. The largest absolute Gasteiger partial charge is 0.477 e. The molecule has 6 nitrogen and oxygen atoms in total. The first kappa shape index (κ1) is 13.9. The van der Waals surface area contributed by atoms with Crippen molar-refractivity contribution in [2.45, 2.75) is 25.4 Å². The molecular formula is C15H20N4O2. The summed E-state index contributed by atoms with van der Waals surface area (Å²) in [5, 5.41) is 13.4. The molecule has 3 heterocycles. The van der Waals surface area contributed by atoms with E-state index in [1.807, 2.05) is 33.8 Å². The molecule has 1 aliphatic rings. The van der Waals surface area contributed by atoms with E-state index in [4.69, 9.17) is 0 Å². The number of rotatable bonds is 5. The highest BCUT2D eigenvalue weighted by atomic mass is 16.4. The zero-order chi connectivity index (χ0) is 14.7. The number of nitrogens with zero attached hydrogens (tertiary/aromatic N) is 4. The number of piperidine rings is 1. The van der Waals surface area contributed by atoms with Crippen LogP contribution in [0.4, 0.5) is 0 Å². The maximum atomic E-state index is 11.2. The molecule has 1 saturated heterocycles. The van der Waals surface area contributed by atoms with Gasteiger partial charge in [-0.2, -0.15) is 5.10 Å². The predicted molar refractivity (Wildman–Crippen MR) is 78.3 cm³/mol. The maximum absolute atomic E-state index is 11.2. The molecule has 0 bridgehead atoms. The van der Waals surface area contributed by atoms with Gasteiger partial charge in [-0.3, -0.25) is 4.68 Å². The van der Waals surface area contributed by atoms with Crippen molar-refractivity contribution >= 4 is 5.97 Å². The van der Waals surface area contributed by atoms with Crippen LogP contribution in [0.15, 0.2) is 36.8 Å². The molecule has 0 aromatic carbocycles. The summed E-state index contributed by atoms with van der Waals surface area (Å²) >= 11 is 0. The van der Waals surface area contributed by atoms with E-state index in [9.17, 15) is 9.90 Å². The lowest BCUT2D eigenvalue weighted by Gasteiger charge is -2.33. The smallest absolute Gasteiger partial charge is 0.352 e. The van der Waals surface area contributed by atoms with Crippen molar-refractivity contribution in [3.8, 4) is 0 Å². The summed E-state index contributed by atoms with van der Waals surface area (Å²) in [6, 6.07) is 5.72. The molecule has 0 unspecified atom stereocenters. The van der Waals surface area contributed by atoms with E-state index in [2.05, 4.69) is 10.00 Å². The first-order valence-corrected chi connectivity index (χ1v) is 7.34. The average molecular weight is 288 g/mol. The van der Waals surface area contributed by atoms with Crippen LogP contribution in [0.25, 0.3) is 0 Å².